The number of aliphatic carboxylic acids is 1. The van der Waals surface area contributed by atoms with Gasteiger partial charge in [0, 0.05) is 5.56 Å². The van der Waals surface area contributed by atoms with E-state index in [9.17, 15) is 14.7 Å². The van der Waals surface area contributed by atoms with Crippen molar-refractivity contribution >= 4 is 11.9 Å². The Morgan fingerprint density at radius 1 is 1.08 bits per heavy atom. The van der Waals surface area contributed by atoms with Crippen molar-refractivity contribution in [3.8, 4) is 5.75 Å². The SMILES string of the molecule is CCOc1ccc(C(=O)NC(C(=O)O)c2cc(C)cc(C)c2)cc1. The highest BCUT2D eigenvalue weighted by molar-refractivity contribution is 5.96. The van der Waals surface area contributed by atoms with Crippen LogP contribution in [0.15, 0.2) is 42.5 Å². The molecule has 0 saturated carbocycles. The van der Waals surface area contributed by atoms with Crippen LogP contribution < -0.4 is 10.1 Å². The number of carboxylic acid groups (broad SMARTS) is 1. The Kier molecular flexibility index (Phi) is 5.58. The van der Waals surface area contributed by atoms with E-state index >= 15 is 0 Å². The summed E-state index contributed by atoms with van der Waals surface area (Å²) in [6.07, 6.45) is 0. The van der Waals surface area contributed by atoms with Crippen molar-refractivity contribution in [3.63, 3.8) is 0 Å². The normalized spacial score (nSPS) is 11.6. The number of hydrogen-bond acceptors (Lipinski definition) is 3. The fourth-order valence-corrected chi connectivity index (χ4v) is 2.55. The lowest BCUT2D eigenvalue weighted by Crippen LogP contribution is -2.33. The maximum atomic E-state index is 12.4. The first-order chi connectivity index (χ1) is 11.4. The van der Waals surface area contributed by atoms with Gasteiger partial charge in [-0.15, -0.1) is 0 Å². The third-order valence-corrected chi connectivity index (χ3v) is 3.53. The number of benzene rings is 2. The Hall–Kier alpha value is -2.82. The van der Waals surface area contributed by atoms with Crippen molar-refractivity contribution in [1.29, 1.82) is 0 Å². The van der Waals surface area contributed by atoms with Crippen LogP contribution in [0, 0.1) is 13.8 Å². The molecule has 2 rings (SSSR count). The predicted octanol–water partition coefficient (Wildman–Crippen LogP) is 3.26. The third kappa shape index (κ3) is 4.35. The topological polar surface area (TPSA) is 75.6 Å². The van der Waals surface area contributed by atoms with Gasteiger partial charge in [0.05, 0.1) is 6.61 Å². The monoisotopic (exact) mass is 327 g/mol. The van der Waals surface area contributed by atoms with Gasteiger partial charge >= 0.3 is 5.97 Å². The number of carboxylic acids is 1. The highest BCUT2D eigenvalue weighted by Crippen LogP contribution is 2.19. The maximum absolute atomic E-state index is 12.4. The molecule has 2 N–H and O–H groups in total. The Morgan fingerprint density at radius 2 is 1.67 bits per heavy atom. The molecule has 0 bridgehead atoms. The van der Waals surface area contributed by atoms with Crippen molar-refractivity contribution in [1.82, 2.24) is 5.32 Å². The van der Waals surface area contributed by atoms with Crippen LogP contribution in [0.2, 0.25) is 0 Å². The van der Waals surface area contributed by atoms with E-state index in [1.54, 1.807) is 36.4 Å². The highest BCUT2D eigenvalue weighted by atomic mass is 16.5. The van der Waals surface area contributed by atoms with Gasteiger partial charge in [-0.1, -0.05) is 29.3 Å². The fourth-order valence-electron chi connectivity index (χ4n) is 2.55. The summed E-state index contributed by atoms with van der Waals surface area (Å²) in [5, 5.41) is 12.1. The van der Waals surface area contributed by atoms with Gasteiger partial charge in [-0.25, -0.2) is 4.79 Å². The van der Waals surface area contributed by atoms with Crippen LogP contribution in [0.25, 0.3) is 0 Å². The van der Waals surface area contributed by atoms with E-state index in [4.69, 9.17) is 4.74 Å². The molecular formula is C19H21NO4. The quantitative estimate of drug-likeness (QED) is 0.854. The maximum Gasteiger partial charge on any atom is 0.330 e. The summed E-state index contributed by atoms with van der Waals surface area (Å²) in [6.45, 7) is 6.20. The first kappa shape index (κ1) is 17.5. The van der Waals surface area contributed by atoms with Gasteiger partial charge in [0.2, 0.25) is 0 Å². The van der Waals surface area contributed by atoms with Gasteiger partial charge in [0.15, 0.2) is 6.04 Å². The van der Waals surface area contributed by atoms with Crippen molar-refractivity contribution in [2.24, 2.45) is 0 Å². The summed E-state index contributed by atoms with van der Waals surface area (Å²) in [6, 6.07) is 11.0. The van der Waals surface area contributed by atoms with Gasteiger partial charge in [0.1, 0.15) is 5.75 Å². The molecule has 24 heavy (non-hydrogen) atoms. The number of hydrogen-bond donors (Lipinski definition) is 2. The summed E-state index contributed by atoms with van der Waals surface area (Å²) in [5.74, 6) is -0.873. The molecule has 5 heteroatoms. The number of rotatable bonds is 6. The lowest BCUT2D eigenvalue weighted by molar-refractivity contribution is -0.139. The minimum absolute atomic E-state index is 0.383. The molecule has 2 aromatic rings. The van der Waals surface area contributed by atoms with Gasteiger partial charge in [-0.05, 0) is 50.6 Å². The van der Waals surface area contributed by atoms with E-state index in [2.05, 4.69) is 5.32 Å². The zero-order valence-corrected chi connectivity index (χ0v) is 14.0. The first-order valence-corrected chi connectivity index (χ1v) is 7.75. The van der Waals surface area contributed by atoms with Gasteiger partial charge in [0.25, 0.3) is 5.91 Å². The Labute approximate surface area is 141 Å². The molecule has 0 saturated heterocycles. The Bertz CT molecular complexity index is 717. The fraction of sp³-hybridized carbons (Fsp3) is 0.263. The minimum atomic E-state index is -1.10. The van der Waals surface area contributed by atoms with Crippen molar-refractivity contribution in [2.75, 3.05) is 6.61 Å². The van der Waals surface area contributed by atoms with E-state index in [-0.39, 0.29) is 0 Å². The number of amides is 1. The van der Waals surface area contributed by atoms with E-state index < -0.39 is 17.9 Å². The van der Waals surface area contributed by atoms with E-state index in [1.807, 2.05) is 26.8 Å². The minimum Gasteiger partial charge on any atom is -0.494 e. The summed E-state index contributed by atoms with van der Waals surface area (Å²) in [4.78, 5) is 24.0. The molecule has 0 aliphatic rings. The smallest absolute Gasteiger partial charge is 0.330 e. The standard InChI is InChI=1S/C19H21NO4/c1-4-24-16-7-5-14(6-8-16)18(21)20-17(19(22)23)15-10-12(2)9-13(3)11-15/h5-11,17H,4H2,1-3H3,(H,20,21)(H,22,23). The van der Waals surface area contributed by atoms with Crippen LogP contribution in [0.5, 0.6) is 5.75 Å². The number of carbonyl (C=O) groups is 2. The molecule has 0 aliphatic heterocycles. The highest BCUT2D eigenvalue weighted by Gasteiger charge is 2.23. The zero-order chi connectivity index (χ0) is 17.7. The van der Waals surface area contributed by atoms with Crippen LogP contribution >= 0.6 is 0 Å². The number of carbonyl (C=O) groups excluding carboxylic acids is 1. The molecule has 5 nitrogen and oxygen atoms in total. The lowest BCUT2D eigenvalue weighted by Gasteiger charge is -2.16. The zero-order valence-electron chi connectivity index (χ0n) is 14.0. The van der Waals surface area contributed by atoms with Crippen LogP contribution in [0.1, 0.15) is 40.0 Å². The molecule has 2 aromatic carbocycles. The van der Waals surface area contributed by atoms with Crippen LogP contribution in [-0.4, -0.2) is 23.6 Å². The van der Waals surface area contributed by atoms with Gasteiger partial charge in [-0.2, -0.15) is 0 Å². The molecule has 0 aromatic heterocycles. The average Bonchev–Trinajstić information content (AvgIpc) is 2.52. The van der Waals surface area contributed by atoms with Crippen molar-refractivity contribution < 1.29 is 19.4 Å². The number of ether oxygens (including phenoxy) is 1. The van der Waals surface area contributed by atoms with Crippen molar-refractivity contribution in [2.45, 2.75) is 26.8 Å². The van der Waals surface area contributed by atoms with E-state index in [1.165, 1.54) is 0 Å². The molecule has 1 unspecified atom stereocenters. The van der Waals surface area contributed by atoms with Crippen LogP contribution in [0.4, 0.5) is 0 Å². The summed E-state index contributed by atoms with van der Waals surface area (Å²) in [7, 11) is 0. The molecule has 126 valence electrons. The summed E-state index contributed by atoms with van der Waals surface area (Å²) >= 11 is 0. The molecule has 1 amide bonds. The first-order valence-electron chi connectivity index (χ1n) is 7.75. The van der Waals surface area contributed by atoms with E-state index in [0.29, 0.717) is 23.5 Å². The second kappa shape index (κ2) is 7.64. The average molecular weight is 327 g/mol. The predicted molar refractivity (Wildman–Crippen MR) is 91.4 cm³/mol. The third-order valence-electron chi connectivity index (χ3n) is 3.53. The molecular weight excluding hydrogens is 306 g/mol. The Balaban J connectivity index is 2.20. The molecule has 0 heterocycles. The van der Waals surface area contributed by atoms with E-state index in [0.717, 1.165) is 11.1 Å². The largest absolute Gasteiger partial charge is 0.494 e. The molecule has 0 fully saturated rings. The number of aryl methyl sites for hydroxylation is 2. The molecule has 0 aliphatic carbocycles. The van der Waals surface area contributed by atoms with Gasteiger partial charge in [-0.3, -0.25) is 4.79 Å². The van der Waals surface area contributed by atoms with Crippen LogP contribution in [-0.2, 0) is 4.79 Å². The second-order valence-corrected chi connectivity index (χ2v) is 5.62. The lowest BCUT2D eigenvalue weighted by atomic mass is 10.0. The Morgan fingerprint density at radius 3 is 2.17 bits per heavy atom. The van der Waals surface area contributed by atoms with Gasteiger partial charge < -0.3 is 15.2 Å². The molecule has 1 atom stereocenters. The number of nitrogens with one attached hydrogen (secondary N) is 1. The summed E-state index contributed by atoms with van der Waals surface area (Å²) in [5.41, 5.74) is 2.84. The molecule has 0 radical (unpaired) electrons. The van der Waals surface area contributed by atoms with Crippen LogP contribution in [0.3, 0.4) is 0 Å². The van der Waals surface area contributed by atoms with Crippen molar-refractivity contribution in [3.05, 3.63) is 64.7 Å². The second-order valence-electron chi connectivity index (χ2n) is 5.62. The summed E-state index contributed by atoms with van der Waals surface area (Å²) < 4.78 is 5.33. The molecule has 0 spiro atoms.